The molecule has 4 aromatic carbocycles. The van der Waals surface area contributed by atoms with Gasteiger partial charge in [-0.25, -0.2) is 4.79 Å². The molecule has 6 rings (SSSR count). The van der Waals surface area contributed by atoms with Crippen LogP contribution in [0, 0.1) is 0 Å². The van der Waals surface area contributed by atoms with Crippen molar-refractivity contribution in [3.8, 4) is 11.3 Å². The van der Waals surface area contributed by atoms with E-state index in [9.17, 15) is 14.7 Å². The Kier molecular flexibility index (Phi) is 6.13. The maximum absolute atomic E-state index is 13.7. The van der Waals surface area contributed by atoms with Crippen LogP contribution in [0.4, 0.5) is 0 Å². The average molecular weight is 517 g/mol. The third-order valence-corrected chi connectivity index (χ3v) is 6.86. The summed E-state index contributed by atoms with van der Waals surface area (Å²) in [6, 6.07) is 26.1. The van der Waals surface area contributed by atoms with E-state index < -0.39 is 5.97 Å². The van der Waals surface area contributed by atoms with Gasteiger partial charge in [0, 0.05) is 17.0 Å². The molecule has 0 spiro atoms. The molecule has 6 aromatic rings. The molecule has 2 N–H and O–H groups in total. The van der Waals surface area contributed by atoms with E-state index in [1.165, 1.54) is 18.4 Å². The van der Waals surface area contributed by atoms with Gasteiger partial charge in [0.15, 0.2) is 0 Å². The molecule has 39 heavy (non-hydrogen) atoms. The summed E-state index contributed by atoms with van der Waals surface area (Å²) in [4.78, 5) is 24.9. The first-order valence-electron chi connectivity index (χ1n) is 12.5. The normalized spacial score (nSPS) is 12.0. The number of carboxylic acids is 1. The summed E-state index contributed by atoms with van der Waals surface area (Å²) in [7, 11) is 0. The lowest BCUT2D eigenvalue weighted by Gasteiger charge is -2.16. The van der Waals surface area contributed by atoms with Crippen LogP contribution in [0.5, 0.6) is 0 Å². The first-order chi connectivity index (χ1) is 19.0. The number of hydrogen-bond acceptors (Lipinski definition) is 5. The zero-order valence-corrected chi connectivity index (χ0v) is 21.0. The predicted octanol–water partition coefficient (Wildman–Crippen LogP) is 6.08. The van der Waals surface area contributed by atoms with Crippen LogP contribution in [-0.2, 0) is 6.54 Å². The van der Waals surface area contributed by atoms with Gasteiger partial charge in [0.25, 0.3) is 5.91 Å². The molecule has 2 heterocycles. The second-order valence-electron chi connectivity index (χ2n) is 9.45. The lowest BCUT2D eigenvalue weighted by atomic mass is 10.0. The fourth-order valence-corrected chi connectivity index (χ4v) is 4.82. The summed E-state index contributed by atoms with van der Waals surface area (Å²) in [5.74, 6) is -1.27. The number of nitrogens with zero attached hydrogens (tertiary/aromatic N) is 3. The molecule has 0 aliphatic heterocycles. The van der Waals surface area contributed by atoms with E-state index in [1.807, 2.05) is 29.8 Å². The van der Waals surface area contributed by atoms with Crippen LogP contribution in [0.2, 0.25) is 0 Å². The van der Waals surface area contributed by atoms with Gasteiger partial charge in [-0.2, -0.15) is 5.10 Å². The molecule has 0 saturated heterocycles. The minimum atomic E-state index is -0.995. The van der Waals surface area contributed by atoms with Gasteiger partial charge in [-0.15, -0.1) is 0 Å². The van der Waals surface area contributed by atoms with Gasteiger partial charge in [0.2, 0.25) is 0 Å². The lowest BCUT2D eigenvalue weighted by molar-refractivity contribution is 0.0696. The second kappa shape index (κ2) is 9.90. The molecule has 8 nitrogen and oxygen atoms in total. The molecule has 1 amide bonds. The van der Waals surface area contributed by atoms with Crippen LogP contribution < -0.4 is 5.32 Å². The van der Waals surface area contributed by atoms with E-state index in [0.717, 1.165) is 32.8 Å². The number of carboxylic acid groups (broad SMARTS) is 1. The maximum Gasteiger partial charge on any atom is 0.335 e. The molecular weight excluding hydrogens is 492 g/mol. The van der Waals surface area contributed by atoms with Gasteiger partial charge in [-0.1, -0.05) is 53.7 Å². The SMILES string of the molecule is C[C@H](NC(=O)c1cc(-c2ccon2)cc2cnn(Cc3ccc4ccccc4c3)c12)c1ccc(C(=O)O)cc1. The first-order valence-corrected chi connectivity index (χ1v) is 12.5. The fraction of sp³-hybridized carbons (Fsp3) is 0.0968. The van der Waals surface area contributed by atoms with Crippen molar-refractivity contribution in [1.29, 1.82) is 0 Å². The Balaban J connectivity index is 1.38. The first kappa shape index (κ1) is 24.1. The minimum Gasteiger partial charge on any atom is -0.478 e. The molecule has 0 unspecified atom stereocenters. The number of carbonyl (C=O) groups excluding carboxylic acids is 1. The molecule has 0 fully saturated rings. The van der Waals surface area contributed by atoms with E-state index in [1.54, 1.807) is 30.5 Å². The van der Waals surface area contributed by atoms with Crippen molar-refractivity contribution in [3.05, 3.63) is 120 Å². The highest BCUT2D eigenvalue weighted by Gasteiger charge is 2.20. The Bertz CT molecular complexity index is 1820. The largest absolute Gasteiger partial charge is 0.478 e. The zero-order valence-electron chi connectivity index (χ0n) is 21.0. The van der Waals surface area contributed by atoms with Crippen molar-refractivity contribution < 1.29 is 19.2 Å². The number of fused-ring (bicyclic) bond motifs is 2. The standard InChI is InChI=1S/C31H24N4O4/c1-19(21-8-10-23(11-9-21)31(37)38)33-30(36)27-16-25(28-12-13-39-34-28)15-26-17-32-35(29(26)27)18-20-6-7-22-4-2-3-5-24(22)14-20/h2-17,19H,18H2,1H3,(H,33,36)(H,37,38)/t19-/m0/s1. The molecule has 0 aliphatic carbocycles. The van der Waals surface area contributed by atoms with Gasteiger partial charge in [-0.3, -0.25) is 9.48 Å². The Hall–Kier alpha value is -5.24. The van der Waals surface area contributed by atoms with Crippen LogP contribution >= 0.6 is 0 Å². The Labute approximate surface area is 223 Å². The lowest BCUT2D eigenvalue weighted by Crippen LogP contribution is -2.27. The number of amides is 1. The van der Waals surface area contributed by atoms with Crippen LogP contribution in [0.3, 0.4) is 0 Å². The highest BCUT2D eigenvalue weighted by Crippen LogP contribution is 2.29. The molecule has 0 aliphatic rings. The number of rotatable bonds is 7. The van der Waals surface area contributed by atoms with Gasteiger partial charge in [0.1, 0.15) is 12.0 Å². The van der Waals surface area contributed by atoms with E-state index in [0.29, 0.717) is 23.3 Å². The summed E-state index contributed by atoms with van der Waals surface area (Å²) < 4.78 is 6.88. The van der Waals surface area contributed by atoms with Crippen LogP contribution in [0.25, 0.3) is 32.9 Å². The fourth-order valence-electron chi connectivity index (χ4n) is 4.82. The van der Waals surface area contributed by atoms with E-state index in [-0.39, 0.29) is 17.5 Å². The topological polar surface area (TPSA) is 110 Å². The third kappa shape index (κ3) is 4.75. The Morgan fingerprint density at radius 1 is 0.949 bits per heavy atom. The maximum atomic E-state index is 13.7. The number of aromatic carboxylic acids is 1. The summed E-state index contributed by atoms with van der Waals surface area (Å²) in [6.45, 7) is 2.35. The number of hydrogen-bond donors (Lipinski definition) is 2. The van der Waals surface area contributed by atoms with Crippen molar-refractivity contribution in [2.75, 3.05) is 0 Å². The third-order valence-electron chi connectivity index (χ3n) is 6.86. The quantitative estimate of drug-likeness (QED) is 0.266. The molecular formula is C31H24N4O4. The van der Waals surface area contributed by atoms with E-state index in [4.69, 9.17) is 4.52 Å². The summed E-state index contributed by atoms with van der Waals surface area (Å²) in [5, 5.41) is 24.0. The molecule has 0 bridgehead atoms. The minimum absolute atomic E-state index is 0.192. The average Bonchev–Trinajstić information content (AvgIpc) is 3.63. The number of benzene rings is 4. The number of aromatic nitrogens is 3. The van der Waals surface area contributed by atoms with E-state index >= 15 is 0 Å². The predicted molar refractivity (Wildman–Crippen MR) is 148 cm³/mol. The number of carbonyl (C=O) groups is 2. The van der Waals surface area contributed by atoms with Crippen LogP contribution in [0.1, 0.15) is 44.8 Å². The van der Waals surface area contributed by atoms with Gasteiger partial charge in [0.05, 0.1) is 35.4 Å². The van der Waals surface area contributed by atoms with Crippen LogP contribution in [-0.4, -0.2) is 31.9 Å². The molecule has 0 radical (unpaired) electrons. The number of nitrogens with one attached hydrogen (secondary N) is 1. The van der Waals surface area contributed by atoms with Gasteiger partial charge < -0.3 is 14.9 Å². The molecule has 0 saturated carbocycles. The Morgan fingerprint density at radius 2 is 1.74 bits per heavy atom. The van der Waals surface area contributed by atoms with E-state index in [2.05, 4.69) is 45.9 Å². The molecule has 2 aromatic heterocycles. The van der Waals surface area contributed by atoms with Crippen LogP contribution in [0.15, 0.2) is 102 Å². The Morgan fingerprint density at radius 3 is 2.49 bits per heavy atom. The van der Waals surface area contributed by atoms with Crippen molar-refractivity contribution in [3.63, 3.8) is 0 Å². The highest BCUT2D eigenvalue weighted by molar-refractivity contribution is 6.07. The zero-order chi connectivity index (χ0) is 26.9. The molecule has 192 valence electrons. The highest BCUT2D eigenvalue weighted by atomic mass is 16.5. The summed E-state index contributed by atoms with van der Waals surface area (Å²) in [5.41, 5.74) is 4.58. The van der Waals surface area contributed by atoms with Gasteiger partial charge >= 0.3 is 5.97 Å². The van der Waals surface area contributed by atoms with Crippen molar-refractivity contribution in [1.82, 2.24) is 20.3 Å². The van der Waals surface area contributed by atoms with Gasteiger partial charge in [-0.05, 0) is 59.2 Å². The van der Waals surface area contributed by atoms with Crippen molar-refractivity contribution >= 4 is 33.6 Å². The van der Waals surface area contributed by atoms with Crippen molar-refractivity contribution in [2.45, 2.75) is 19.5 Å². The second-order valence-corrected chi connectivity index (χ2v) is 9.45. The summed E-state index contributed by atoms with van der Waals surface area (Å²) in [6.07, 6.45) is 3.25. The monoisotopic (exact) mass is 516 g/mol. The molecule has 8 heteroatoms. The molecule has 1 atom stereocenters. The van der Waals surface area contributed by atoms with Crippen molar-refractivity contribution in [2.24, 2.45) is 0 Å². The smallest absolute Gasteiger partial charge is 0.335 e. The summed E-state index contributed by atoms with van der Waals surface area (Å²) >= 11 is 0.